The molecule has 2 aromatic rings. The molecule has 0 bridgehead atoms. The predicted octanol–water partition coefficient (Wildman–Crippen LogP) is 2.42. The van der Waals surface area contributed by atoms with E-state index in [1.807, 2.05) is 25.5 Å². The molecule has 1 aromatic carbocycles. The Hall–Kier alpha value is -1.85. The van der Waals surface area contributed by atoms with Gasteiger partial charge in [0.25, 0.3) is 0 Å². The van der Waals surface area contributed by atoms with Crippen LogP contribution in [0.4, 0.5) is 0 Å². The molecular weight excluding hydrogens is 284 g/mol. The standard InChI is InChI=1S/C16H20N2O2S/c1-18(2)14(15-4-3-9-21-15)11-17-16(20)10-12-5-7-13(19)8-6-12/h3-9,14,19H,10-11H2,1-2H3,(H,17,20). The number of thiophene rings is 1. The molecule has 0 radical (unpaired) electrons. The van der Waals surface area contributed by atoms with Crippen molar-refractivity contribution in [3.63, 3.8) is 0 Å². The Bertz CT molecular complexity index is 564. The van der Waals surface area contributed by atoms with E-state index in [4.69, 9.17) is 0 Å². The van der Waals surface area contributed by atoms with Crippen molar-refractivity contribution >= 4 is 17.2 Å². The molecule has 0 fully saturated rings. The SMILES string of the molecule is CN(C)C(CNC(=O)Cc1ccc(O)cc1)c1cccs1. The maximum Gasteiger partial charge on any atom is 0.224 e. The predicted molar refractivity (Wildman–Crippen MR) is 85.6 cm³/mol. The van der Waals surface area contributed by atoms with Crippen molar-refractivity contribution in [1.82, 2.24) is 10.2 Å². The number of nitrogens with one attached hydrogen (secondary N) is 1. The van der Waals surface area contributed by atoms with Gasteiger partial charge in [0.05, 0.1) is 12.5 Å². The Morgan fingerprint density at radius 1 is 1.29 bits per heavy atom. The topological polar surface area (TPSA) is 52.6 Å². The van der Waals surface area contributed by atoms with E-state index < -0.39 is 0 Å². The number of hydrogen-bond donors (Lipinski definition) is 2. The fourth-order valence-corrected chi connectivity index (χ4v) is 3.01. The molecule has 4 nitrogen and oxygen atoms in total. The number of hydrogen-bond acceptors (Lipinski definition) is 4. The number of carbonyl (C=O) groups excluding carboxylic acids is 1. The van der Waals surface area contributed by atoms with Gasteiger partial charge in [0, 0.05) is 11.4 Å². The fourth-order valence-electron chi connectivity index (χ4n) is 2.09. The largest absolute Gasteiger partial charge is 0.508 e. The van der Waals surface area contributed by atoms with E-state index in [0.717, 1.165) is 5.56 Å². The summed E-state index contributed by atoms with van der Waals surface area (Å²) in [5.74, 6) is 0.202. The van der Waals surface area contributed by atoms with Crippen LogP contribution < -0.4 is 5.32 Å². The van der Waals surface area contributed by atoms with Crippen LogP contribution in [0.3, 0.4) is 0 Å². The zero-order valence-electron chi connectivity index (χ0n) is 12.2. The second kappa shape index (κ2) is 7.24. The molecule has 5 heteroatoms. The first-order valence-electron chi connectivity index (χ1n) is 6.80. The number of amides is 1. The number of likely N-dealkylation sites (N-methyl/N-ethyl adjacent to an activating group) is 1. The lowest BCUT2D eigenvalue weighted by atomic mass is 10.1. The van der Waals surface area contributed by atoms with Crippen molar-refractivity contribution in [3.05, 3.63) is 52.2 Å². The van der Waals surface area contributed by atoms with Crippen molar-refractivity contribution in [2.24, 2.45) is 0 Å². The summed E-state index contributed by atoms with van der Waals surface area (Å²) < 4.78 is 0. The Morgan fingerprint density at radius 2 is 2.00 bits per heavy atom. The number of rotatable bonds is 6. The third kappa shape index (κ3) is 4.58. The molecule has 1 heterocycles. The van der Waals surface area contributed by atoms with Crippen LogP contribution in [-0.2, 0) is 11.2 Å². The highest BCUT2D eigenvalue weighted by atomic mass is 32.1. The van der Waals surface area contributed by atoms with Gasteiger partial charge in [-0.2, -0.15) is 0 Å². The summed E-state index contributed by atoms with van der Waals surface area (Å²) in [5, 5.41) is 14.3. The number of carbonyl (C=O) groups is 1. The molecule has 0 aliphatic rings. The lowest BCUT2D eigenvalue weighted by molar-refractivity contribution is -0.120. The van der Waals surface area contributed by atoms with Gasteiger partial charge in [0.15, 0.2) is 0 Å². The zero-order valence-corrected chi connectivity index (χ0v) is 13.1. The summed E-state index contributed by atoms with van der Waals surface area (Å²) in [5.41, 5.74) is 0.892. The van der Waals surface area contributed by atoms with E-state index in [0.29, 0.717) is 13.0 Å². The average molecular weight is 304 g/mol. The summed E-state index contributed by atoms with van der Waals surface area (Å²) in [4.78, 5) is 15.3. The number of phenols is 1. The number of benzene rings is 1. The van der Waals surface area contributed by atoms with E-state index in [2.05, 4.69) is 16.3 Å². The van der Waals surface area contributed by atoms with Crippen molar-refractivity contribution in [2.45, 2.75) is 12.5 Å². The van der Waals surface area contributed by atoms with E-state index in [1.165, 1.54) is 4.88 Å². The van der Waals surface area contributed by atoms with Gasteiger partial charge in [-0.05, 0) is 43.2 Å². The molecule has 2 rings (SSSR count). The van der Waals surface area contributed by atoms with Gasteiger partial charge in [-0.25, -0.2) is 0 Å². The quantitative estimate of drug-likeness (QED) is 0.862. The number of aromatic hydroxyl groups is 1. The first-order chi connectivity index (χ1) is 10.1. The average Bonchev–Trinajstić information content (AvgIpc) is 2.95. The number of nitrogens with zero attached hydrogens (tertiary/aromatic N) is 1. The fraction of sp³-hybridized carbons (Fsp3) is 0.312. The highest BCUT2D eigenvalue weighted by Gasteiger charge is 2.16. The van der Waals surface area contributed by atoms with E-state index in [-0.39, 0.29) is 17.7 Å². The molecule has 112 valence electrons. The summed E-state index contributed by atoms with van der Waals surface area (Å²) in [6.07, 6.45) is 0.324. The van der Waals surface area contributed by atoms with Crippen LogP contribution in [0.25, 0.3) is 0 Å². The summed E-state index contributed by atoms with van der Waals surface area (Å²) in [6, 6.07) is 11.0. The van der Waals surface area contributed by atoms with Crippen LogP contribution in [0.5, 0.6) is 5.75 Å². The zero-order chi connectivity index (χ0) is 15.2. The van der Waals surface area contributed by atoms with Crippen molar-refractivity contribution in [3.8, 4) is 5.75 Å². The molecule has 2 N–H and O–H groups in total. The van der Waals surface area contributed by atoms with Crippen LogP contribution in [0.15, 0.2) is 41.8 Å². The number of phenolic OH excluding ortho intramolecular Hbond substituents is 1. The molecule has 1 atom stereocenters. The molecule has 1 aromatic heterocycles. The van der Waals surface area contributed by atoms with E-state index in [9.17, 15) is 9.90 Å². The second-order valence-electron chi connectivity index (χ2n) is 5.14. The van der Waals surface area contributed by atoms with Crippen LogP contribution in [0.2, 0.25) is 0 Å². The Labute approximate surface area is 129 Å². The normalized spacial score (nSPS) is 12.3. The van der Waals surface area contributed by atoms with Crippen LogP contribution in [0, 0.1) is 0 Å². The Balaban J connectivity index is 1.89. The Morgan fingerprint density at radius 3 is 2.57 bits per heavy atom. The van der Waals surface area contributed by atoms with Gasteiger partial charge >= 0.3 is 0 Å². The first kappa shape index (κ1) is 15.5. The third-order valence-electron chi connectivity index (χ3n) is 3.29. The van der Waals surface area contributed by atoms with Gasteiger partial charge in [-0.15, -0.1) is 11.3 Å². The second-order valence-corrected chi connectivity index (χ2v) is 6.12. The lowest BCUT2D eigenvalue weighted by Gasteiger charge is -2.23. The molecule has 21 heavy (non-hydrogen) atoms. The molecule has 0 aliphatic carbocycles. The van der Waals surface area contributed by atoms with Crippen molar-refractivity contribution < 1.29 is 9.90 Å². The van der Waals surface area contributed by atoms with Gasteiger partial charge in [-0.1, -0.05) is 18.2 Å². The minimum atomic E-state index is -0.0101. The Kier molecular flexibility index (Phi) is 5.36. The molecule has 0 aliphatic heterocycles. The molecule has 1 unspecified atom stereocenters. The van der Waals surface area contributed by atoms with Gasteiger partial charge < -0.3 is 15.3 Å². The maximum atomic E-state index is 12.0. The molecule has 0 spiro atoms. The minimum Gasteiger partial charge on any atom is -0.508 e. The molecule has 1 amide bonds. The molecule has 0 saturated heterocycles. The molecular formula is C16H20N2O2S. The van der Waals surface area contributed by atoms with Gasteiger partial charge in [-0.3, -0.25) is 4.79 Å². The van der Waals surface area contributed by atoms with Crippen LogP contribution >= 0.6 is 11.3 Å². The smallest absolute Gasteiger partial charge is 0.224 e. The molecule has 0 saturated carbocycles. The van der Waals surface area contributed by atoms with Gasteiger partial charge in [0.1, 0.15) is 5.75 Å². The first-order valence-corrected chi connectivity index (χ1v) is 7.68. The highest BCUT2D eigenvalue weighted by molar-refractivity contribution is 7.10. The minimum absolute atomic E-state index is 0.0101. The van der Waals surface area contributed by atoms with Crippen molar-refractivity contribution in [1.29, 1.82) is 0 Å². The summed E-state index contributed by atoms with van der Waals surface area (Å²) >= 11 is 1.70. The summed E-state index contributed by atoms with van der Waals surface area (Å²) in [7, 11) is 4.02. The van der Waals surface area contributed by atoms with E-state index in [1.54, 1.807) is 35.6 Å². The van der Waals surface area contributed by atoms with Crippen molar-refractivity contribution in [2.75, 3.05) is 20.6 Å². The maximum absolute atomic E-state index is 12.0. The highest BCUT2D eigenvalue weighted by Crippen LogP contribution is 2.22. The van der Waals surface area contributed by atoms with E-state index >= 15 is 0 Å². The van der Waals surface area contributed by atoms with Gasteiger partial charge in [0.2, 0.25) is 5.91 Å². The monoisotopic (exact) mass is 304 g/mol. The van der Waals surface area contributed by atoms with Crippen LogP contribution in [-0.4, -0.2) is 36.6 Å². The summed E-state index contributed by atoms with van der Waals surface area (Å²) in [6.45, 7) is 0.588. The lowest BCUT2D eigenvalue weighted by Crippen LogP contribution is -2.34. The van der Waals surface area contributed by atoms with Crippen LogP contribution in [0.1, 0.15) is 16.5 Å². The third-order valence-corrected chi connectivity index (χ3v) is 4.26.